The second kappa shape index (κ2) is 4.35. The Hall–Kier alpha value is -0.830. The number of ketones is 1. The monoisotopic (exact) mass is 267 g/mol. The highest BCUT2D eigenvalue weighted by Gasteiger charge is 2.22. The molecule has 1 saturated carbocycles. The van der Waals surface area contributed by atoms with Gasteiger partial charge in [0.25, 0.3) is 0 Å². The third-order valence-corrected chi connectivity index (χ3v) is 3.51. The smallest absolute Gasteiger partial charge is 0.165 e. The molecule has 0 saturated heterocycles. The molecule has 1 aromatic carbocycles. The van der Waals surface area contributed by atoms with E-state index in [0.717, 1.165) is 4.47 Å². The lowest BCUT2D eigenvalue weighted by molar-refractivity contribution is 0.0937. The predicted octanol–water partition coefficient (Wildman–Crippen LogP) is 3.40. The zero-order chi connectivity index (χ0) is 10.8. The Kier molecular flexibility index (Phi) is 3.10. The van der Waals surface area contributed by atoms with Gasteiger partial charge in [-0.1, -0.05) is 35.2 Å². The lowest BCUT2D eigenvalue weighted by Crippen LogP contribution is -2.16. The summed E-state index contributed by atoms with van der Waals surface area (Å²) < 4.78 is 0.911. The lowest BCUT2D eigenvalue weighted by Gasteiger charge is -2.24. The van der Waals surface area contributed by atoms with Crippen LogP contribution >= 0.6 is 15.9 Å². The van der Waals surface area contributed by atoms with Gasteiger partial charge in [0, 0.05) is 22.1 Å². The number of Topliss-reactive ketones (excluding diaryl/α,β-unsaturated/α-hetero) is 1. The van der Waals surface area contributed by atoms with Crippen LogP contribution in [0.1, 0.15) is 36.0 Å². The van der Waals surface area contributed by atoms with Crippen molar-refractivity contribution in [1.82, 2.24) is 0 Å². The Bertz CT molecular complexity index is 385. The van der Waals surface area contributed by atoms with E-state index in [4.69, 9.17) is 5.73 Å². The highest BCUT2D eigenvalue weighted by atomic mass is 79.9. The normalized spacial score (nSPS) is 16.1. The van der Waals surface area contributed by atoms with Crippen LogP contribution < -0.4 is 5.73 Å². The molecule has 0 amide bonds. The van der Waals surface area contributed by atoms with Crippen molar-refractivity contribution in [3.63, 3.8) is 0 Å². The zero-order valence-electron chi connectivity index (χ0n) is 8.50. The van der Waals surface area contributed by atoms with Crippen molar-refractivity contribution in [3.05, 3.63) is 28.2 Å². The van der Waals surface area contributed by atoms with Crippen molar-refractivity contribution in [2.75, 3.05) is 5.73 Å². The van der Waals surface area contributed by atoms with E-state index in [-0.39, 0.29) is 5.78 Å². The highest BCUT2D eigenvalue weighted by molar-refractivity contribution is 9.10. The number of rotatable bonds is 3. The first-order valence-corrected chi connectivity index (χ1v) is 6.04. The van der Waals surface area contributed by atoms with Crippen LogP contribution in [0, 0.1) is 5.92 Å². The average Bonchev–Trinajstić information content (AvgIpc) is 2.15. The molecule has 0 aliphatic heterocycles. The van der Waals surface area contributed by atoms with Crippen molar-refractivity contribution in [1.29, 1.82) is 0 Å². The van der Waals surface area contributed by atoms with Gasteiger partial charge in [0.1, 0.15) is 0 Å². The van der Waals surface area contributed by atoms with Crippen molar-refractivity contribution in [3.8, 4) is 0 Å². The number of anilines is 1. The van der Waals surface area contributed by atoms with E-state index in [0.29, 0.717) is 23.6 Å². The number of carbonyl (C=O) groups is 1. The molecular formula is C12H14BrNO. The number of benzene rings is 1. The fourth-order valence-corrected chi connectivity index (χ4v) is 2.20. The first kappa shape index (κ1) is 10.7. The van der Waals surface area contributed by atoms with Crippen molar-refractivity contribution >= 4 is 27.4 Å². The second-order valence-electron chi connectivity index (χ2n) is 4.16. The van der Waals surface area contributed by atoms with Gasteiger partial charge < -0.3 is 5.73 Å². The second-order valence-corrected chi connectivity index (χ2v) is 5.07. The van der Waals surface area contributed by atoms with Gasteiger partial charge in [-0.2, -0.15) is 0 Å². The van der Waals surface area contributed by atoms with E-state index >= 15 is 0 Å². The Balaban J connectivity index is 2.12. The molecule has 1 fully saturated rings. The molecule has 1 aliphatic rings. The van der Waals surface area contributed by atoms with Crippen LogP contribution in [0.4, 0.5) is 5.69 Å². The molecule has 0 radical (unpaired) electrons. The minimum Gasteiger partial charge on any atom is -0.398 e. The molecule has 0 aromatic heterocycles. The summed E-state index contributed by atoms with van der Waals surface area (Å²) in [6.07, 6.45) is 4.31. The quantitative estimate of drug-likeness (QED) is 0.674. The van der Waals surface area contributed by atoms with Crippen molar-refractivity contribution in [2.24, 2.45) is 5.92 Å². The summed E-state index contributed by atoms with van der Waals surface area (Å²) in [6.45, 7) is 0. The molecule has 15 heavy (non-hydrogen) atoms. The summed E-state index contributed by atoms with van der Waals surface area (Å²) in [4.78, 5) is 11.9. The van der Waals surface area contributed by atoms with E-state index in [9.17, 15) is 4.79 Å². The predicted molar refractivity (Wildman–Crippen MR) is 64.8 cm³/mol. The van der Waals surface area contributed by atoms with Gasteiger partial charge in [-0.05, 0) is 24.1 Å². The third kappa shape index (κ3) is 2.40. The largest absolute Gasteiger partial charge is 0.398 e. The van der Waals surface area contributed by atoms with Crippen LogP contribution in [0.2, 0.25) is 0 Å². The summed E-state index contributed by atoms with van der Waals surface area (Å²) >= 11 is 3.35. The number of halogens is 1. The fraction of sp³-hybridized carbons (Fsp3) is 0.417. The Labute approximate surface area is 98.0 Å². The van der Waals surface area contributed by atoms with Gasteiger partial charge >= 0.3 is 0 Å². The maximum absolute atomic E-state index is 11.9. The molecule has 80 valence electrons. The molecule has 1 aromatic rings. The van der Waals surface area contributed by atoms with Crippen molar-refractivity contribution < 1.29 is 4.79 Å². The number of carbonyl (C=O) groups excluding carboxylic acids is 1. The standard InChI is InChI=1S/C12H14BrNO/c13-9-4-5-11(14)10(7-9)12(15)6-8-2-1-3-8/h4-5,7-8H,1-3,6,14H2. The van der Waals surface area contributed by atoms with Crippen LogP contribution in [0.3, 0.4) is 0 Å². The van der Waals surface area contributed by atoms with Gasteiger partial charge in [0.05, 0.1) is 0 Å². The Morgan fingerprint density at radius 3 is 2.80 bits per heavy atom. The molecule has 0 bridgehead atoms. The molecular weight excluding hydrogens is 254 g/mol. The molecule has 2 N–H and O–H groups in total. The number of hydrogen-bond donors (Lipinski definition) is 1. The first-order chi connectivity index (χ1) is 7.16. The van der Waals surface area contributed by atoms with E-state index < -0.39 is 0 Å². The summed E-state index contributed by atoms with van der Waals surface area (Å²) in [6, 6.07) is 5.45. The topological polar surface area (TPSA) is 43.1 Å². The zero-order valence-corrected chi connectivity index (χ0v) is 10.1. The number of nitrogen functional groups attached to an aromatic ring is 1. The van der Waals surface area contributed by atoms with Crippen LogP contribution in [0.15, 0.2) is 22.7 Å². The maximum atomic E-state index is 11.9. The molecule has 2 rings (SSSR count). The SMILES string of the molecule is Nc1ccc(Br)cc1C(=O)CC1CCC1. The van der Waals surface area contributed by atoms with Crippen LogP contribution in [0.25, 0.3) is 0 Å². The van der Waals surface area contributed by atoms with Crippen LogP contribution in [0.5, 0.6) is 0 Å². The van der Waals surface area contributed by atoms with Gasteiger partial charge in [0.15, 0.2) is 5.78 Å². The maximum Gasteiger partial charge on any atom is 0.165 e. The first-order valence-electron chi connectivity index (χ1n) is 5.25. The van der Waals surface area contributed by atoms with Gasteiger partial charge in [-0.15, -0.1) is 0 Å². The molecule has 0 heterocycles. The molecule has 1 aliphatic carbocycles. The summed E-state index contributed by atoms with van der Waals surface area (Å²) in [7, 11) is 0. The fourth-order valence-electron chi connectivity index (χ4n) is 1.84. The summed E-state index contributed by atoms with van der Waals surface area (Å²) in [5.74, 6) is 0.773. The van der Waals surface area contributed by atoms with E-state index in [1.807, 2.05) is 12.1 Å². The van der Waals surface area contributed by atoms with Crippen LogP contribution in [-0.4, -0.2) is 5.78 Å². The molecule has 0 spiro atoms. The number of nitrogens with two attached hydrogens (primary N) is 1. The van der Waals surface area contributed by atoms with E-state index in [1.165, 1.54) is 19.3 Å². The van der Waals surface area contributed by atoms with E-state index in [2.05, 4.69) is 15.9 Å². The van der Waals surface area contributed by atoms with Gasteiger partial charge in [-0.3, -0.25) is 4.79 Å². The molecule has 2 nitrogen and oxygen atoms in total. The minimum atomic E-state index is 0.179. The summed E-state index contributed by atoms with van der Waals surface area (Å²) in [5.41, 5.74) is 7.03. The average molecular weight is 268 g/mol. The Morgan fingerprint density at radius 1 is 1.47 bits per heavy atom. The van der Waals surface area contributed by atoms with Gasteiger partial charge in [-0.25, -0.2) is 0 Å². The lowest BCUT2D eigenvalue weighted by atomic mass is 9.81. The van der Waals surface area contributed by atoms with E-state index in [1.54, 1.807) is 6.07 Å². The Morgan fingerprint density at radius 2 is 2.20 bits per heavy atom. The third-order valence-electron chi connectivity index (χ3n) is 3.01. The molecule has 0 atom stereocenters. The molecule has 3 heteroatoms. The highest BCUT2D eigenvalue weighted by Crippen LogP contribution is 2.31. The van der Waals surface area contributed by atoms with Crippen molar-refractivity contribution in [2.45, 2.75) is 25.7 Å². The molecule has 0 unspecified atom stereocenters. The number of hydrogen-bond acceptors (Lipinski definition) is 2. The summed E-state index contributed by atoms with van der Waals surface area (Å²) in [5, 5.41) is 0. The van der Waals surface area contributed by atoms with Crippen LogP contribution in [-0.2, 0) is 0 Å². The van der Waals surface area contributed by atoms with Gasteiger partial charge in [0.2, 0.25) is 0 Å². The minimum absolute atomic E-state index is 0.179.